The van der Waals surface area contributed by atoms with Gasteiger partial charge < -0.3 is 5.32 Å². The molecule has 4 heteroatoms. The van der Waals surface area contributed by atoms with Gasteiger partial charge in [-0.3, -0.25) is 4.79 Å². The Bertz CT molecular complexity index is 299. The van der Waals surface area contributed by atoms with Gasteiger partial charge in [-0.05, 0) is 17.7 Å². The van der Waals surface area contributed by atoms with E-state index in [1.165, 1.54) is 0 Å². The van der Waals surface area contributed by atoms with Crippen LogP contribution in [0.1, 0.15) is 15.9 Å². The van der Waals surface area contributed by atoms with Gasteiger partial charge in [-0.2, -0.15) is 0 Å². The van der Waals surface area contributed by atoms with E-state index in [0.29, 0.717) is 18.0 Å². The molecule has 1 aromatic rings. The number of rotatable bonds is 4. The lowest BCUT2D eigenvalue weighted by atomic mass is 10.1. The monoisotopic (exact) mass is 275 g/mol. The van der Waals surface area contributed by atoms with Crippen molar-refractivity contribution in [2.75, 3.05) is 11.9 Å². The molecular formula is C10H11BrClNO. The number of benzene rings is 1. The van der Waals surface area contributed by atoms with E-state index < -0.39 is 0 Å². The van der Waals surface area contributed by atoms with Crippen LogP contribution in [0.4, 0.5) is 0 Å². The molecule has 0 atom stereocenters. The second kappa shape index (κ2) is 6.04. The standard InChI is InChI=1S/C10H11BrClNO/c11-5-6-13-10(14)9-3-1-8(7-12)2-4-9/h1-4H,5-7H2,(H,13,14). The molecule has 1 amide bonds. The van der Waals surface area contributed by atoms with Crippen molar-refractivity contribution in [3.05, 3.63) is 35.4 Å². The summed E-state index contributed by atoms with van der Waals surface area (Å²) in [6.07, 6.45) is 0. The van der Waals surface area contributed by atoms with E-state index in [0.717, 1.165) is 10.9 Å². The third-order valence-electron chi connectivity index (χ3n) is 1.75. The zero-order chi connectivity index (χ0) is 10.4. The summed E-state index contributed by atoms with van der Waals surface area (Å²) in [5.74, 6) is 0.425. The number of nitrogens with one attached hydrogen (secondary N) is 1. The van der Waals surface area contributed by atoms with Crippen LogP contribution in [0.25, 0.3) is 0 Å². The molecular weight excluding hydrogens is 265 g/mol. The van der Waals surface area contributed by atoms with E-state index in [1.807, 2.05) is 12.1 Å². The largest absolute Gasteiger partial charge is 0.351 e. The topological polar surface area (TPSA) is 29.1 Å². The summed E-state index contributed by atoms with van der Waals surface area (Å²) < 4.78 is 0. The van der Waals surface area contributed by atoms with Gasteiger partial charge in [0.15, 0.2) is 0 Å². The maximum absolute atomic E-state index is 11.4. The molecule has 14 heavy (non-hydrogen) atoms. The van der Waals surface area contributed by atoms with Crippen LogP contribution in [0.2, 0.25) is 0 Å². The lowest BCUT2D eigenvalue weighted by Gasteiger charge is -2.03. The first-order valence-corrected chi connectivity index (χ1v) is 5.92. The van der Waals surface area contributed by atoms with Crippen LogP contribution in [0.15, 0.2) is 24.3 Å². The predicted octanol–water partition coefficient (Wildman–Crippen LogP) is 2.55. The second-order valence-electron chi connectivity index (χ2n) is 2.78. The summed E-state index contributed by atoms with van der Waals surface area (Å²) in [7, 11) is 0. The predicted molar refractivity (Wildman–Crippen MR) is 62.1 cm³/mol. The van der Waals surface area contributed by atoms with Crippen molar-refractivity contribution in [2.24, 2.45) is 0 Å². The normalized spacial score (nSPS) is 9.86. The molecule has 2 nitrogen and oxygen atoms in total. The van der Waals surface area contributed by atoms with Gasteiger partial charge in [-0.15, -0.1) is 11.6 Å². The molecule has 0 unspecified atom stereocenters. The van der Waals surface area contributed by atoms with E-state index in [1.54, 1.807) is 12.1 Å². The van der Waals surface area contributed by atoms with E-state index in [-0.39, 0.29) is 5.91 Å². The van der Waals surface area contributed by atoms with E-state index >= 15 is 0 Å². The average molecular weight is 277 g/mol. The molecule has 1 aromatic carbocycles. The Balaban J connectivity index is 2.62. The summed E-state index contributed by atoms with van der Waals surface area (Å²) >= 11 is 8.88. The minimum atomic E-state index is -0.0504. The van der Waals surface area contributed by atoms with Crippen LogP contribution >= 0.6 is 27.5 Å². The van der Waals surface area contributed by atoms with Crippen molar-refractivity contribution in [2.45, 2.75) is 5.88 Å². The van der Waals surface area contributed by atoms with Crippen molar-refractivity contribution in [1.29, 1.82) is 0 Å². The van der Waals surface area contributed by atoms with Gasteiger partial charge in [-0.1, -0.05) is 28.1 Å². The molecule has 0 fully saturated rings. The lowest BCUT2D eigenvalue weighted by molar-refractivity contribution is 0.0956. The van der Waals surface area contributed by atoms with Gasteiger partial charge in [0, 0.05) is 23.3 Å². The SMILES string of the molecule is O=C(NCCBr)c1ccc(CCl)cc1. The average Bonchev–Trinajstić information content (AvgIpc) is 2.26. The Morgan fingerprint density at radius 2 is 2.00 bits per heavy atom. The van der Waals surface area contributed by atoms with Crippen molar-refractivity contribution in [1.82, 2.24) is 5.32 Å². The number of alkyl halides is 2. The molecule has 1 N–H and O–H groups in total. The highest BCUT2D eigenvalue weighted by atomic mass is 79.9. The molecule has 1 rings (SSSR count). The molecule has 76 valence electrons. The number of hydrogen-bond donors (Lipinski definition) is 1. The van der Waals surface area contributed by atoms with Gasteiger partial charge in [0.1, 0.15) is 0 Å². The van der Waals surface area contributed by atoms with Crippen molar-refractivity contribution < 1.29 is 4.79 Å². The summed E-state index contributed by atoms with van der Waals surface area (Å²) in [4.78, 5) is 11.4. The summed E-state index contributed by atoms with van der Waals surface area (Å²) in [5.41, 5.74) is 1.68. The summed E-state index contributed by atoms with van der Waals surface area (Å²) in [5, 5.41) is 3.53. The van der Waals surface area contributed by atoms with E-state index in [2.05, 4.69) is 21.2 Å². The van der Waals surface area contributed by atoms with Gasteiger partial charge in [0.25, 0.3) is 5.91 Å². The van der Waals surface area contributed by atoms with Crippen LogP contribution in [0, 0.1) is 0 Å². The van der Waals surface area contributed by atoms with E-state index in [4.69, 9.17) is 11.6 Å². The maximum atomic E-state index is 11.4. The van der Waals surface area contributed by atoms with Crippen LogP contribution in [-0.2, 0) is 5.88 Å². The number of halogens is 2. The van der Waals surface area contributed by atoms with Crippen LogP contribution < -0.4 is 5.32 Å². The fourth-order valence-corrected chi connectivity index (χ4v) is 1.38. The molecule has 0 aromatic heterocycles. The minimum Gasteiger partial charge on any atom is -0.351 e. The summed E-state index contributed by atoms with van der Waals surface area (Å²) in [6.45, 7) is 0.635. The third-order valence-corrected chi connectivity index (χ3v) is 2.46. The van der Waals surface area contributed by atoms with Crippen LogP contribution in [0.5, 0.6) is 0 Å². The first-order chi connectivity index (χ1) is 6.77. The van der Waals surface area contributed by atoms with Gasteiger partial charge in [0.2, 0.25) is 0 Å². The van der Waals surface area contributed by atoms with Gasteiger partial charge in [0.05, 0.1) is 0 Å². The third kappa shape index (κ3) is 3.31. The first kappa shape index (κ1) is 11.5. The van der Waals surface area contributed by atoms with Gasteiger partial charge in [-0.25, -0.2) is 0 Å². The number of carbonyl (C=O) groups excluding carboxylic acids is 1. The van der Waals surface area contributed by atoms with Gasteiger partial charge >= 0.3 is 0 Å². The molecule has 0 spiro atoms. The Morgan fingerprint density at radius 1 is 1.36 bits per heavy atom. The van der Waals surface area contributed by atoms with Crippen molar-refractivity contribution in [3.63, 3.8) is 0 Å². The number of hydrogen-bond acceptors (Lipinski definition) is 1. The molecule has 0 aliphatic heterocycles. The van der Waals surface area contributed by atoms with E-state index in [9.17, 15) is 4.79 Å². The Labute approximate surface area is 96.8 Å². The molecule has 0 saturated carbocycles. The number of amides is 1. The molecule has 0 bridgehead atoms. The Kier molecular flexibility index (Phi) is 4.98. The van der Waals surface area contributed by atoms with Crippen LogP contribution in [-0.4, -0.2) is 17.8 Å². The van der Waals surface area contributed by atoms with Crippen molar-refractivity contribution in [3.8, 4) is 0 Å². The summed E-state index contributed by atoms with van der Waals surface area (Å²) in [6, 6.07) is 7.27. The molecule has 0 radical (unpaired) electrons. The van der Waals surface area contributed by atoms with Crippen molar-refractivity contribution >= 4 is 33.4 Å². The highest BCUT2D eigenvalue weighted by Gasteiger charge is 2.03. The van der Waals surface area contributed by atoms with Crippen LogP contribution in [0.3, 0.4) is 0 Å². The second-order valence-corrected chi connectivity index (χ2v) is 3.84. The lowest BCUT2D eigenvalue weighted by Crippen LogP contribution is -2.25. The first-order valence-electron chi connectivity index (χ1n) is 4.27. The number of carbonyl (C=O) groups is 1. The quantitative estimate of drug-likeness (QED) is 0.841. The molecule has 0 aliphatic rings. The minimum absolute atomic E-state index is 0.0504. The highest BCUT2D eigenvalue weighted by Crippen LogP contribution is 2.06. The maximum Gasteiger partial charge on any atom is 0.251 e. The molecule has 0 aliphatic carbocycles. The fourth-order valence-electron chi connectivity index (χ4n) is 1.01. The zero-order valence-electron chi connectivity index (χ0n) is 7.59. The Hall–Kier alpha value is -0.540. The smallest absolute Gasteiger partial charge is 0.251 e. The highest BCUT2D eigenvalue weighted by molar-refractivity contribution is 9.09. The Morgan fingerprint density at radius 3 is 2.50 bits per heavy atom. The zero-order valence-corrected chi connectivity index (χ0v) is 9.94. The molecule has 0 heterocycles. The molecule has 0 saturated heterocycles. The fraction of sp³-hybridized carbons (Fsp3) is 0.300.